The van der Waals surface area contributed by atoms with Crippen LogP contribution in [0.4, 0.5) is 5.69 Å². The van der Waals surface area contributed by atoms with Crippen LogP contribution in [0.1, 0.15) is 0 Å². The van der Waals surface area contributed by atoms with Crippen LogP contribution in [0, 0.1) is 0 Å². The number of rotatable bonds is 5. The first-order valence-corrected chi connectivity index (χ1v) is 10.0. The summed E-state index contributed by atoms with van der Waals surface area (Å²) in [6.07, 6.45) is 1.57. The molecule has 1 aromatic heterocycles. The molecule has 25 heavy (non-hydrogen) atoms. The summed E-state index contributed by atoms with van der Waals surface area (Å²) >= 11 is 13.2. The number of anilines is 1. The van der Waals surface area contributed by atoms with Gasteiger partial charge in [0.25, 0.3) is 10.0 Å². The van der Waals surface area contributed by atoms with Gasteiger partial charge in [-0.15, -0.1) is 10.2 Å². The second kappa shape index (κ2) is 7.25. The lowest BCUT2D eigenvalue weighted by atomic mass is 10.3. The van der Waals surface area contributed by atoms with Crippen LogP contribution in [0.5, 0.6) is 0 Å². The number of hydrogen-bond donors (Lipinski definition) is 1. The Morgan fingerprint density at radius 3 is 2.64 bits per heavy atom. The summed E-state index contributed by atoms with van der Waals surface area (Å²) in [4.78, 5) is 0.598. The molecule has 0 atom stereocenters. The molecule has 0 spiro atoms. The molecule has 0 saturated carbocycles. The molecule has 3 rings (SSSR count). The molecule has 2 aromatic carbocycles. The van der Waals surface area contributed by atoms with Gasteiger partial charge in [-0.1, -0.05) is 35.3 Å². The van der Waals surface area contributed by atoms with Crippen molar-refractivity contribution in [1.29, 1.82) is 0 Å². The highest BCUT2D eigenvalue weighted by atomic mass is 35.5. The molecule has 10 heteroatoms. The molecule has 0 saturated heterocycles. The van der Waals surface area contributed by atoms with E-state index in [1.807, 2.05) is 6.07 Å². The van der Waals surface area contributed by atoms with Gasteiger partial charge in [0.05, 0.1) is 10.7 Å². The molecule has 0 fully saturated rings. The third-order valence-electron chi connectivity index (χ3n) is 3.19. The van der Waals surface area contributed by atoms with Crippen molar-refractivity contribution < 1.29 is 8.42 Å². The van der Waals surface area contributed by atoms with E-state index in [-0.39, 0.29) is 14.9 Å². The van der Waals surface area contributed by atoms with Crippen LogP contribution >= 0.6 is 35.0 Å². The van der Waals surface area contributed by atoms with E-state index in [2.05, 4.69) is 14.9 Å². The van der Waals surface area contributed by atoms with E-state index in [1.165, 1.54) is 30.0 Å². The Kier molecular flexibility index (Phi) is 5.24. The lowest BCUT2D eigenvalue weighted by molar-refractivity contribution is 0.601. The lowest BCUT2D eigenvalue weighted by Gasteiger charge is -2.13. The lowest BCUT2D eigenvalue weighted by Crippen LogP contribution is -2.14. The summed E-state index contributed by atoms with van der Waals surface area (Å²) in [6, 6.07) is 11.3. The maximum Gasteiger partial charge on any atom is 0.263 e. The Morgan fingerprint density at radius 1 is 1.16 bits per heavy atom. The monoisotopic (exact) mass is 414 g/mol. The van der Waals surface area contributed by atoms with Gasteiger partial charge in [0.15, 0.2) is 5.16 Å². The molecule has 0 amide bonds. The molecular formula is C15H12Cl2N4O2S2. The summed E-state index contributed by atoms with van der Waals surface area (Å²) < 4.78 is 29.7. The van der Waals surface area contributed by atoms with E-state index in [0.29, 0.717) is 15.7 Å². The van der Waals surface area contributed by atoms with E-state index >= 15 is 0 Å². The second-order valence-electron chi connectivity index (χ2n) is 5.00. The number of benzene rings is 2. The van der Waals surface area contributed by atoms with Gasteiger partial charge in [-0.3, -0.25) is 4.72 Å². The molecular weight excluding hydrogens is 403 g/mol. The molecule has 0 bridgehead atoms. The van der Waals surface area contributed by atoms with Crippen molar-refractivity contribution in [2.75, 3.05) is 4.72 Å². The first kappa shape index (κ1) is 18.1. The highest BCUT2D eigenvalue weighted by Gasteiger charge is 2.20. The fourth-order valence-corrected chi connectivity index (χ4v) is 4.75. The topological polar surface area (TPSA) is 76.9 Å². The maximum absolute atomic E-state index is 12.7. The highest BCUT2D eigenvalue weighted by molar-refractivity contribution is 7.99. The summed E-state index contributed by atoms with van der Waals surface area (Å²) in [7, 11) is -2.09. The average Bonchev–Trinajstić information content (AvgIpc) is 2.96. The third kappa shape index (κ3) is 4.09. The van der Waals surface area contributed by atoms with E-state index in [4.69, 9.17) is 23.2 Å². The zero-order valence-corrected chi connectivity index (χ0v) is 16.0. The fourth-order valence-electron chi connectivity index (χ4n) is 1.99. The Labute approximate surface area is 159 Å². The Morgan fingerprint density at radius 2 is 1.92 bits per heavy atom. The molecule has 1 heterocycles. The van der Waals surface area contributed by atoms with Crippen LogP contribution in [0.2, 0.25) is 10.0 Å². The minimum atomic E-state index is -3.90. The fraction of sp³-hybridized carbons (Fsp3) is 0.0667. The quantitative estimate of drug-likeness (QED) is 0.680. The minimum Gasteiger partial charge on any atom is -0.311 e. The Balaban J connectivity index is 1.95. The minimum absolute atomic E-state index is 0.0832. The van der Waals surface area contributed by atoms with Crippen molar-refractivity contribution in [2.45, 2.75) is 14.9 Å². The number of nitrogens with one attached hydrogen (secondary N) is 1. The zero-order chi connectivity index (χ0) is 18.0. The molecule has 0 aliphatic heterocycles. The van der Waals surface area contributed by atoms with E-state index < -0.39 is 10.0 Å². The number of nitrogens with zero attached hydrogens (tertiary/aromatic N) is 3. The Bertz CT molecular complexity index is 1020. The number of halogens is 2. The number of aromatic nitrogens is 3. The Hall–Kier alpha value is -1.74. The molecule has 0 radical (unpaired) electrons. The summed E-state index contributed by atoms with van der Waals surface area (Å²) in [5.74, 6) is 0. The zero-order valence-electron chi connectivity index (χ0n) is 12.8. The van der Waals surface area contributed by atoms with Gasteiger partial charge in [0.1, 0.15) is 11.2 Å². The maximum atomic E-state index is 12.7. The molecule has 0 aliphatic rings. The van der Waals surface area contributed by atoms with Crippen molar-refractivity contribution in [1.82, 2.24) is 14.8 Å². The summed E-state index contributed by atoms with van der Waals surface area (Å²) in [5, 5.41) is 8.81. The van der Waals surface area contributed by atoms with Crippen LogP contribution in [-0.2, 0) is 17.1 Å². The number of aryl methyl sites for hydroxylation is 1. The molecule has 0 unspecified atom stereocenters. The summed E-state index contributed by atoms with van der Waals surface area (Å²) in [6.45, 7) is 0. The van der Waals surface area contributed by atoms with Crippen molar-refractivity contribution in [2.24, 2.45) is 7.05 Å². The van der Waals surface area contributed by atoms with Crippen molar-refractivity contribution >= 4 is 50.7 Å². The first-order chi connectivity index (χ1) is 11.9. The standard InChI is InChI=1S/C15H12Cl2N4O2S2/c1-21-9-18-19-15(21)24-13-5-3-2-4-12(13)20-25(22,23)14-8-10(16)6-7-11(14)17/h2-9,20H,1H3. The summed E-state index contributed by atoms with van der Waals surface area (Å²) in [5.41, 5.74) is 0.409. The van der Waals surface area contributed by atoms with Gasteiger partial charge >= 0.3 is 0 Å². The van der Waals surface area contributed by atoms with Crippen LogP contribution < -0.4 is 4.72 Å². The molecule has 6 nitrogen and oxygen atoms in total. The van der Waals surface area contributed by atoms with Gasteiger partial charge in [-0.25, -0.2) is 8.42 Å². The predicted molar refractivity (Wildman–Crippen MR) is 98.8 cm³/mol. The van der Waals surface area contributed by atoms with Gasteiger partial charge in [0, 0.05) is 17.0 Å². The predicted octanol–water partition coefficient (Wildman–Crippen LogP) is 4.07. The van der Waals surface area contributed by atoms with Crippen molar-refractivity contribution in [3.05, 3.63) is 58.8 Å². The molecule has 3 aromatic rings. The number of hydrogen-bond acceptors (Lipinski definition) is 5. The van der Waals surface area contributed by atoms with Gasteiger partial charge in [0.2, 0.25) is 0 Å². The van der Waals surface area contributed by atoms with Crippen LogP contribution in [0.3, 0.4) is 0 Å². The van der Waals surface area contributed by atoms with Crippen molar-refractivity contribution in [3.8, 4) is 0 Å². The molecule has 130 valence electrons. The first-order valence-electron chi connectivity index (χ1n) is 6.95. The largest absolute Gasteiger partial charge is 0.311 e. The van der Waals surface area contributed by atoms with Crippen LogP contribution in [-0.4, -0.2) is 23.2 Å². The van der Waals surface area contributed by atoms with E-state index in [0.717, 1.165) is 0 Å². The van der Waals surface area contributed by atoms with Gasteiger partial charge in [-0.2, -0.15) is 0 Å². The highest BCUT2D eigenvalue weighted by Crippen LogP contribution is 2.34. The van der Waals surface area contributed by atoms with E-state index in [1.54, 1.807) is 36.1 Å². The SMILES string of the molecule is Cn1cnnc1Sc1ccccc1NS(=O)(=O)c1cc(Cl)ccc1Cl. The van der Waals surface area contributed by atoms with Crippen LogP contribution in [0.15, 0.2) is 63.7 Å². The van der Waals surface area contributed by atoms with E-state index in [9.17, 15) is 8.42 Å². The third-order valence-corrected chi connectivity index (χ3v) is 6.40. The number of sulfonamides is 1. The van der Waals surface area contributed by atoms with Gasteiger partial charge < -0.3 is 4.57 Å². The van der Waals surface area contributed by atoms with Gasteiger partial charge in [-0.05, 0) is 42.1 Å². The average molecular weight is 415 g/mol. The molecule has 0 aliphatic carbocycles. The van der Waals surface area contributed by atoms with Crippen LogP contribution in [0.25, 0.3) is 0 Å². The normalized spacial score (nSPS) is 11.5. The molecule has 1 N–H and O–H groups in total. The van der Waals surface area contributed by atoms with Crippen molar-refractivity contribution in [3.63, 3.8) is 0 Å². The smallest absolute Gasteiger partial charge is 0.263 e. The second-order valence-corrected chi connectivity index (χ2v) is 8.51. The number of para-hydroxylation sites is 1.